The molecule has 0 unspecified atom stereocenters. The lowest BCUT2D eigenvalue weighted by atomic mass is 10.0. The number of hydrogen-bond acceptors (Lipinski definition) is 5. The van der Waals surface area contributed by atoms with Crippen molar-refractivity contribution in [3.8, 4) is 17.2 Å². The van der Waals surface area contributed by atoms with Crippen LogP contribution in [0.3, 0.4) is 0 Å². The Kier molecular flexibility index (Phi) is 5.07. The first-order valence-corrected chi connectivity index (χ1v) is 10.6. The summed E-state index contributed by atoms with van der Waals surface area (Å²) >= 11 is 0. The van der Waals surface area contributed by atoms with Crippen molar-refractivity contribution in [2.45, 2.75) is 18.9 Å². The second-order valence-electron chi connectivity index (χ2n) is 7.88. The third-order valence-electron chi connectivity index (χ3n) is 5.71. The highest BCUT2D eigenvalue weighted by molar-refractivity contribution is 6.06. The zero-order valence-corrected chi connectivity index (χ0v) is 17.9. The molecule has 33 heavy (non-hydrogen) atoms. The van der Waals surface area contributed by atoms with Gasteiger partial charge in [-0.15, -0.1) is 0 Å². The molecule has 1 N–H and O–H groups in total. The van der Waals surface area contributed by atoms with Gasteiger partial charge in [-0.3, -0.25) is 9.59 Å². The number of carbonyl (C=O) groups is 2. The molecule has 162 valence electrons. The predicted octanol–water partition coefficient (Wildman–Crippen LogP) is 3.44. The molecule has 8 heteroatoms. The Labute approximate surface area is 190 Å². The maximum Gasteiger partial charge on any atom is 0.277 e. The predicted molar refractivity (Wildman–Crippen MR) is 123 cm³/mol. The van der Waals surface area contributed by atoms with E-state index in [1.54, 1.807) is 46.9 Å². The minimum absolute atomic E-state index is 0.121. The maximum atomic E-state index is 13.3. The number of anilines is 1. The van der Waals surface area contributed by atoms with E-state index < -0.39 is 0 Å². The van der Waals surface area contributed by atoms with E-state index in [9.17, 15) is 9.59 Å². The smallest absolute Gasteiger partial charge is 0.277 e. The third kappa shape index (κ3) is 3.81. The average molecular weight is 436 g/mol. The fraction of sp³-hybridized carbons (Fsp3) is 0.160. The molecule has 0 radical (unpaired) electrons. The normalized spacial score (nSPS) is 12.8. The van der Waals surface area contributed by atoms with E-state index in [0.29, 0.717) is 16.8 Å². The SMILES string of the molecule is CNC(=O)c1ccc(-c2cnn3ccc(N(C(=O)c4ccc(C#N)cn4)C4CC4)cc23)cc1. The van der Waals surface area contributed by atoms with Gasteiger partial charge in [-0.1, -0.05) is 12.1 Å². The van der Waals surface area contributed by atoms with Crippen LogP contribution in [0.15, 0.2) is 67.1 Å². The number of carbonyl (C=O) groups excluding carboxylic acids is 2. The van der Waals surface area contributed by atoms with E-state index in [0.717, 1.165) is 35.2 Å². The number of benzene rings is 1. The van der Waals surface area contributed by atoms with Crippen LogP contribution in [0.4, 0.5) is 5.69 Å². The molecule has 1 aliphatic rings. The molecule has 3 aromatic heterocycles. The van der Waals surface area contributed by atoms with Crippen LogP contribution in [0.25, 0.3) is 16.6 Å². The number of nitriles is 1. The number of nitrogens with one attached hydrogen (secondary N) is 1. The minimum atomic E-state index is -0.192. The van der Waals surface area contributed by atoms with E-state index in [1.807, 2.05) is 36.5 Å². The van der Waals surface area contributed by atoms with Gasteiger partial charge in [0.1, 0.15) is 11.8 Å². The van der Waals surface area contributed by atoms with Gasteiger partial charge in [0.2, 0.25) is 0 Å². The number of aromatic nitrogens is 3. The molecule has 0 atom stereocenters. The summed E-state index contributed by atoms with van der Waals surface area (Å²) in [6.07, 6.45) is 6.89. The quantitative estimate of drug-likeness (QED) is 0.516. The molecule has 8 nitrogen and oxygen atoms in total. The molecule has 0 saturated heterocycles. The van der Waals surface area contributed by atoms with Crippen LogP contribution in [0, 0.1) is 11.3 Å². The summed E-state index contributed by atoms with van der Waals surface area (Å²) in [6.45, 7) is 0. The number of rotatable bonds is 5. The molecule has 1 aliphatic carbocycles. The molecular formula is C25H20N6O2. The Balaban J connectivity index is 1.52. The van der Waals surface area contributed by atoms with Gasteiger partial charge in [0, 0.05) is 42.3 Å². The first kappa shape index (κ1) is 20.4. The monoisotopic (exact) mass is 436 g/mol. The molecule has 1 aromatic carbocycles. The van der Waals surface area contributed by atoms with Crippen molar-refractivity contribution in [3.63, 3.8) is 0 Å². The van der Waals surface area contributed by atoms with Crippen LogP contribution in [-0.2, 0) is 0 Å². The van der Waals surface area contributed by atoms with E-state index in [4.69, 9.17) is 5.26 Å². The molecule has 0 aliphatic heterocycles. The summed E-state index contributed by atoms with van der Waals surface area (Å²) in [5.41, 5.74) is 4.75. The van der Waals surface area contributed by atoms with E-state index in [-0.39, 0.29) is 17.9 Å². The summed E-state index contributed by atoms with van der Waals surface area (Å²) in [6, 6.07) is 16.5. The van der Waals surface area contributed by atoms with E-state index >= 15 is 0 Å². The second kappa shape index (κ2) is 8.20. The van der Waals surface area contributed by atoms with Gasteiger partial charge in [-0.05, 0) is 54.8 Å². The van der Waals surface area contributed by atoms with Crippen LogP contribution in [0.2, 0.25) is 0 Å². The number of fused-ring (bicyclic) bond motifs is 1. The van der Waals surface area contributed by atoms with Gasteiger partial charge >= 0.3 is 0 Å². The zero-order chi connectivity index (χ0) is 22.9. The summed E-state index contributed by atoms with van der Waals surface area (Å²) in [7, 11) is 1.60. The molecule has 4 aromatic rings. The number of hydrogen-bond donors (Lipinski definition) is 1. The Bertz CT molecular complexity index is 1400. The second-order valence-corrected chi connectivity index (χ2v) is 7.88. The topological polar surface area (TPSA) is 103 Å². The average Bonchev–Trinajstić information content (AvgIpc) is 3.61. The molecule has 5 rings (SSSR count). The van der Waals surface area contributed by atoms with Crippen molar-refractivity contribution in [3.05, 3.63) is 83.9 Å². The van der Waals surface area contributed by atoms with Crippen molar-refractivity contribution in [1.29, 1.82) is 5.26 Å². The van der Waals surface area contributed by atoms with Crippen LogP contribution >= 0.6 is 0 Å². The molecular weight excluding hydrogens is 416 g/mol. The van der Waals surface area contributed by atoms with Crippen molar-refractivity contribution >= 4 is 23.0 Å². The van der Waals surface area contributed by atoms with Crippen LogP contribution < -0.4 is 10.2 Å². The molecule has 3 heterocycles. The summed E-state index contributed by atoms with van der Waals surface area (Å²) in [5, 5.41) is 16.1. The summed E-state index contributed by atoms with van der Waals surface area (Å²) in [5.74, 6) is -0.332. The first-order valence-electron chi connectivity index (χ1n) is 10.6. The number of pyridine rings is 2. The Hall–Kier alpha value is -4.51. The molecule has 1 saturated carbocycles. The van der Waals surface area contributed by atoms with E-state index in [1.165, 1.54) is 6.20 Å². The fourth-order valence-electron chi connectivity index (χ4n) is 3.82. The zero-order valence-electron chi connectivity index (χ0n) is 17.9. The highest BCUT2D eigenvalue weighted by Crippen LogP contribution is 2.35. The van der Waals surface area contributed by atoms with Crippen molar-refractivity contribution in [2.24, 2.45) is 0 Å². The van der Waals surface area contributed by atoms with E-state index in [2.05, 4.69) is 15.4 Å². The van der Waals surface area contributed by atoms with Crippen LogP contribution in [0.1, 0.15) is 39.3 Å². The number of nitrogens with zero attached hydrogens (tertiary/aromatic N) is 5. The van der Waals surface area contributed by atoms with Gasteiger partial charge < -0.3 is 10.2 Å². The molecule has 1 fully saturated rings. The maximum absolute atomic E-state index is 13.3. The lowest BCUT2D eigenvalue weighted by Crippen LogP contribution is -2.33. The van der Waals surface area contributed by atoms with Gasteiger partial charge in [0.25, 0.3) is 11.8 Å². The lowest BCUT2D eigenvalue weighted by Gasteiger charge is -2.22. The van der Waals surface area contributed by atoms with Crippen LogP contribution in [-0.4, -0.2) is 39.5 Å². The largest absolute Gasteiger partial charge is 0.355 e. The van der Waals surface area contributed by atoms with Crippen molar-refractivity contribution in [2.75, 3.05) is 11.9 Å². The fourth-order valence-corrected chi connectivity index (χ4v) is 3.82. The highest BCUT2D eigenvalue weighted by atomic mass is 16.2. The Morgan fingerprint density at radius 2 is 1.91 bits per heavy atom. The van der Waals surface area contributed by atoms with Crippen molar-refractivity contribution in [1.82, 2.24) is 19.9 Å². The third-order valence-corrected chi connectivity index (χ3v) is 5.71. The molecule has 0 spiro atoms. The first-order chi connectivity index (χ1) is 16.1. The van der Waals surface area contributed by atoms with Gasteiger partial charge in [0.05, 0.1) is 17.3 Å². The summed E-state index contributed by atoms with van der Waals surface area (Å²) in [4.78, 5) is 31.1. The van der Waals surface area contributed by atoms with Gasteiger partial charge in [0.15, 0.2) is 0 Å². The summed E-state index contributed by atoms with van der Waals surface area (Å²) < 4.78 is 1.76. The Morgan fingerprint density at radius 3 is 2.55 bits per heavy atom. The van der Waals surface area contributed by atoms with Gasteiger partial charge in [-0.25, -0.2) is 9.50 Å². The Morgan fingerprint density at radius 1 is 1.12 bits per heavy atom. The lowest BCUT2D eigenvalue weighted by molar-refractivity contribution is 0.0960. The molecule has 2 amide bonds. The standard InChI is InChI=1S/C25H20N6O2/c1-27-24(32)18-5-3-17(4-6-18)21-15-29-30-11-10-20(12-23(21)30)31(19-7-8-19)25(33)22-9-2-16(13-26)14-28-22/h2-6,9-12,14-15,19H,7-8H2,1H3,(H,27,32). The minimum Gasteiger partial charge on any atom is -0.355 e. The van der Waals surface area contributed by atoms with Crippen molar-refractivity contribution < 1.29 is 9.59 Å². The highest BCUT2D eigenvalue weighted by Gasteiger charge is 2.35. The number of amides is 2. The molecule has 0 bridgehead atoms. The van der Waals surface area contributed by atoms with Gasteiger partial charge in [-0.2, -0.15) is 10.4 Å². The van der Waals surface area contributed by atoms with Crippen LogP contribution in [0.5, 0.6) is 0 Å².